The number of methoxy groups -OCH3 is 1. The number of rotatable bonds is 3. The average Bonchev–Trinajstić information content (AvgIpc) is 2.59. The maximum atomic E-state index is 12.3. The number of carbonyl (C=O) groups excluding carboxylic acids is 2. The first-order chi connectivity index (χ1) is 11.6. The number of piperazine rings is 1. The minimum Gasteiger partial charge on any atom is -0.465 e. The molecule has 1 aromatic carbocycles. The van der Waals surface area contributed by atoms with Gasteiger partial charge in [0.05, 0.1) is 12.0 Å². The Bertz CT molecular complexity index is 688. The number of benzene rings is 1. The van der Waals surface area contributed by atoms with Crippen LogP contribution in [0.5, 0.6) is 0 Å². The molecular formula is C17H23N3O5. The summed E-state index contributed by atoms with van der Waals surface area (Å²) in [6.07, 6.45) is 0. The number of amides is 1. The molecule has 0 saturated carbocycles. The van der Waals surface area contributed by atoms with Crippen molar-refractivity contribution in [2.24, 2.45) is 5.41 Å². The highest BCUT2D eigenvalue weighted by Gasteiger charge is 2.30. The highest BCUT2D eigenvalue weighted by Crippen LogP contribution is 2.27. The standard InChI is InChI=1S/C17H23N3O5/c1-17(2,3)16(22)19-9-7-18(8-10-19)12-5-6-14(20(23)24)13(11-12)15(21)25-4/h5-6,11H,7-10H2,1-4H3. The van der Waals surface area contributed by atoms with E-state index in [-0.39, 0.29) is 17.2 Å². The summed E-state index contributed by atoms with van der Waals surface area (Å²) in [4.78, 5) is 38.5. The molecule has 8 heteroatoms. The van der Waals surface area contributed by atoms with Crippen molar-refractivity contribution in [1.82, 2.24) is 4.90 Å². The van der Waals surface area contributed by atoms with E-state index >= 15 is 0 Å². The highest BCUT2D eigenvalue weighted by atomic mass is 16.6. The van der Waals surface area contributed by atoms with E-state index in [1.165, 1.54) is 19.2 Å². The smallest absolute Gasteiger partial charge is 0.344 e. The van der Waals surface area contributed by atoms with Crippen molar-refractivity contribution in [2.45, 2.75) is 20.8 Å². The third-order valence-corrected chi connectivity index (χ3v) is 4.16. The summed E-state index contributed by atoms with van der Waals surface area (Å²) in [5.74, 6) is -0.638. The molecule has 136 valence electrons. The van der Waals surface area contributed by atoms with Gasteiger partial charge in [-0.25, -0.2) is 4.79 Å². The molecule has 0 bridgehead atoms. The van der Waals surface area contributed by atoms with Crippen molar-refractivity contribution >= 4 is 23.3 Å². The molecule has 0 aromatic heterocycles. The van der Waals surface area contributed by atoms with E-state index in [2.05, 4.69) is 4.74 Å². The van der Waals surface area contributed by atoms with Crippen LogP contribution in [0.15, 0.2) is 18.2 Å². The van der Waals surface area contributed by atoms with Crippen LogP contribution in [0, 0.1) is 15.5 Å². The predicted molar refractivity (Wildman–Crippen MR) is 92.7 cm³/mol. The van der Waals surface area contributed by atoms with Gasteiger partial charge in [-0.15, -0.1) is 0 Å². The second-order valence-corrected chi connectivity index (χ2v) is 6.98. The Labute approximate surface area is 146 Å². The van der Waals surface area contributed by atoms with E-state index in [1.54, 1.807) is 6.07 Å². The van der Waals surface area contributed by atoms with Crippen LogP contribution >= 0.6 is 0 Å². The van der Waals surface area contributed by atoms with Crippen LogP contribution in [0.25, 0.3) is 0 Å². The molecule has 1 amide bonds. The maximum absolute atomic E-state index is 12.3. The molecule has 1 fully saturated rings. The summed E-state index contributed by atoms with van der Waals surface area (Å²) in [5.41, 5.74) is -0.0719. The topological polar surface area (TPSA) is 93.0 Å². The van der Waals surface area contributed by atoms with Crippen LogP contribution in [0.4, 0.5) is 11.4 Å². The summed E-state index contributed by atoms with van der Waals surface area (Å²) in [6, 6.07) is 4.41. The molecule has 8 nitrogen and oxygen atoms in total. The van der Waals surface area contributed by atoms with Crippen LogP contribution in [0.1, 0.15) is 31.1 Å². The number of esters is 1. The number of hydrogen-bond acceptors (Lipinski definition) is 6. The Kier molecular flexibility index (Phi) is 5.30. The highest BCUT2D eigenvalue weighted by molar-refractivity contribution is 5.95. The van der Waals surface area contributed by atoms with Crippen molar-refractivity contribution in [3.8, 4) is 0 Å². The normalized spacial score (nSPS) is 15.0. The summed E-state index contributed by atoms with van der Waals surface area (Å²) in [6.45, 7) is 8.00. The van der Waals surface area contributed by atoms with Crippen LogP contribution < -0.4 is 4.90 Å². The van der Waals surface area contributed by atoms with Gasteiger partial charge in [0.1, 0.15) is 5.56 Å². The molecular weight excluding hydrogens is 326 g/mol. The Morgan fingerprint density at radius 2 is 1.76 bits per heavy atom. The molecule has 0 unspecified atom stereocenters. The number of nitro benzene ring substituents is 1. The quantitative estimate of drug-likeness (QED) is 0.471. The van der Waals surface area contributed by atoms with Gasteiger partial charge in [-0.05, 0) is 12.1 Å². The fraction of sp³-hybridized carbons (Fsp3) is 0.529. The Morgan fingerprint density at radius 1 is 1.16 bits per heavy atom. The van der Waals surface area contributed by atoms with Crippen LogP contribution in [-0.4, -0.2) is 55.0 Å². The van der Waals surface area contributed by atoms with Gasteiger partial charge >= 0.3 is 5.97 Å². The summed E-state index contributed by atoms with van der Waals surface area (Å²) < 4.78 is 4.64. The van der Waals surface area contributed by atoms with Gasteiger partial charge < -0.3 is 14.5 Å². The molecule has 0 atom stereocenters. The largest absolute Gasteiger partial charge is 0.465 e. The number of ether oxygens (including phenoxy) is 1. The van der Waals surface area contributed by atoms with Crippen molar-refractivity contribution in [3.63, 3.8) is 0 Å². The molecule has 25 heavy (non-hydrogen) atoms. The minimum absolute atomic E-state index is 0.0711. The molecule has 1 aromatic rings. The first-order valence-corrected chi connectivity index (χ1v) is 8.06. The van der Waals surface area contributed by atoms with E-state index < -0.39 is 16.3 Å². The molecule has 0 spiro atoms. The van der Waals surface area contributed by atoms with Gasteiger partial charge in [-0.3, -0.25) is 14.9 Å². The van der Waals surface area contributed by atoms with Crippen LogP contribution in [-0.2, 0) is 9.53 Å². The van der Waals surface area contributed by atoms with Gasteiger partial charge in [0.2, 0.25) is 5.91 Å². The van der Waals surface area contributed by atoms with E-state index in [9.17, 15) is 19.7 Å². The summed E-state index contributed by atoms with van der Waals surface area (Å²) >= 11 is 0. The number of nitrogens with zero attached hydrogens (tertiary/aromatic N) is 3. The Morgan fingerprint density at radius 3 is 2.24 bits per heavy atom. The van der Waals surface area contributed by atoms with Gasteiger partial charge in [0.25, 0.3) is 5.69 Å². The fourth-order valence-electron chi connectivity index (χ4n) is 2.80. The lowest BCUT2D eigenvalue weighted by molar-refractivity contribution is -0.385. The van der Waals surface area contributed by atoms with Gasteiger partial charge in [0, 0.05) is 43.3 Å². The first-order valence-electron chi connectivity index (χ1n) is 8.06. The van der Waals surface area contributed by atoms with E-state index in [1.807, 2.05) is 30.6 Å². The predicted octanol–water partition coefficient (Wildman–Crippen LogP) is 2.08. The molecule has 1 aliphatic heterocycles. The monoisotopic (exact) mass is 349 g/mol. The third kappa shape index (κ3) is 4.07. The van der Waals surface area contributed by atoms with Gasteiger partial charge in [-0.1, -0.05) is 20.8 Å². The summed E-state index contributed by atoms with van der Waals surface area (Å²) in [7, 11) is 1.19. The Hall–Kier alpha value is -2.64. The molecule has 1 saturated heterocycles. The van der Waals surface area contributed by atoms with Crippen LogP contribution in [0.2, 0.25) is 0 Å². The third-order valence-electron chi connectivity index (χ3n) is 4.16. The Balaban J connectivity index is 2.17. The van der Waals surface area contributed by atoms with Crippen LogP contribution in [0.3, 0.4) is 0 Å². The lowest BCUT2D eigenvalue weighted by atomic mass is 9.94. The SMILES string of the molecule is COC(=O)c1cc(N2CCN(C(=O)C(C)(C)C)CC2)ccc1[N+](=O)[O-]. The number of hydrogen-bond donors (Lipinski definition) is 0. The molecule has 1 aliphatic rings. The molecule has 0 radical (unpaired) electrons. The first kappa shape index (κ1) is 18.7. The zero-order chi connectivity index (χ0) is 18.8. The zero-order valence-electron chi connectivity index (χ0n) is 14.9. The lowest BCUT2D eigenvalue weighted by Crippen LogP contribution is -2.51. The number of nitro groups is 1. The van der Waals surface area contributed by atoms with Gasteiger partial charge in [0.15, 0.2) is 0 Å². The second-order valence-electron chi connectivity index (χ2n) is 6.98. The molecule has 1 heterocycles. The van der Waals surface area contributed by atoms with E-state index in [4.69, 9.17) is 0 Å². The van der Waals surface area contributed by atoms with Crippen molar-refractivity contribution in [2.75, 3.05) is 38.2 Å². The van der Waals surface area contributed by atoms with E-state index in [0.717, 1.165) is 0 Å². The second kappa shape index (κ2) is 7.08. The summed E-state index contributed by atoms with van der Waals surface area (Å²) in [5, 5.41) is 11.1. The number of anilines is 1. The zero-order valence-corrected chi connectivity index (χ0v) is 14.9. The lowest BCUT2D eigenvalue weighted by Gasteiger charge is -2.38. The fourth-order valence-corrected chi connectivity index (χ4v) is 2.80. The van der Waals surface area contributed by atoms with Crippen molar-refractivity contribution in [3.05, 3.63) is 33.9 Å². The van der Waals surface area contributed by atoms with Crippen molar-refractivity contribution in [1.29, 1.82) is 0 Å². The average molecular weight is 349 g/mol. The van der Waals surface area contributed by atoms with E-state index in [0.29, 0.717) is 31.9 Å². The molecule has 2 rings (SSSR count). The maximum Gasteiger partial charge on any atom is 0.344 e. The minimum atomic E-state index is -0.741. The van der Waals surface area contributed by atoms with Gasteiger partial charge in [-0.2, -0.15) is 0 Å². The molecule has 0 aliphatic carbocycles. The van der Waals surface area contributed by atoms with Crippen molar-refractivity contribution < 1.29 is 19.2 Å². The molecule has 0 N–H and O–H groups in total. The number of carbonyl (C=O) groups is 2.